The van der Waals surface area contributed by atoms with Gasteiger partial charge in [0.25, 0.3) is 0 Å². The van der Waals surface area contributed by atoms with Crippen molar-refractivity contribution in [2.75, 3.05) is 29.2 Å². The third kappa shape index (κ3) is 5.27. The molecule has 0 spiro atoms. The molecular formula is C11H20ClN5S. The van der Waals surface area contributed by atoms with Gasteiger partial charge in [0.15, 0.2) is 0 Å². The van der Waals surface area contributed by atoms with Crippen LogP contribution in [0.15, 0.2) is 0 Å². The molecule has 5 nitrogen and oxygen atoms in total. The van der Waals surface area contributed by atoms with E-state index in [2.05, 4.69) is 45.7 Å². The molecule has 0 aliphatic rings. The fourth-order valence-electron chi connectivity index (χ4n) is 1.38. The second-order valence-corrected chi connectivity index (χ2v) is 5.13. The molecule has 1 heterocycles. The molecule has 0 amide bonds. The third-order valence-corrected chi connectivity index (χ3v) is 3.24. The monoisotopic (exact) mass is 289 g/mol. The summed E-state index contributed by atoms with van der Waals surface area (Å²) in [6.45, 7) is 5.04. The first-order chi connectivity index (χ1) is 8.69. The molecule has 0 fully saturated rings. The summed E-state index contributed by atoms with van der Waals surface area (Å²) in [5, 5.41) is 6.60. The highest BCUT2D eigenvalue weighted by atomic mass is 35.5. The smallest absolute Gasteiger partial charge is 0.229 e. The molecule has 0 saturated carbocycles. The number of thioether (sulfide) groups is 1. The molecule has 7 heteroatoms. The lowest BCUT2D eigenvalue weighted by Gasteiger charge is -2.16. The summed E-state index contributed by atoms with van der Waals surface area (Å²) in [5.41, 5.74) is 0. The number of nitrogens with one attached hydrogen (secondary N) is 2. The van der Waals surface area contributed by atoms with Gasteiger partial charge in [-0.25, -0.2) is 0 Å². The van der Waals surface area contributed by atoms with Gasteiger partial charge in [0.1, 0.15) is 0 Å². The fourth-order valence-corrected chi connectivity index (χ4v) is 2.26. The van der Waals surface area contributed by atoms with Crippen LogP contribution in [0, 0.1) is 0 Å². The predicted molar refractivity (Wildman–Crippen MR) is 79.7 cm³/mol. The van der Waals surface area contributed by atoms with Crippen LogP contribution >= 0.6 is 23.4 Å². The minimum atomic E-state index is 0.213. The van der Waals surface area contributed by atoms with Crippen LogP contribution in [0.3, 0.4) is 0 Å². The molecule has 1 aromatic heterocycles. The summed E-state index contributed by atoms with van der Waals surface area (Å²) in [6.07, 6.45) is 4.11. The van der Waals surface area contributed by atoms with Crippen LogP contribution in [0.5, 0.6) is 0 Å². The Hall–Kier alpha value is -0.750. The van der Waals surface area contributed by atoms with Gasteiger partial charge in [-0.2, -0.15) is 26.7 Å². The number of hydrogen-bond acceptors (Lipinski definition) is 6. The molecule has 1 unspecified atom stereocenters. The SMILES string of the molecule is CCCNc1nc(Cl)nc(NC(CC)CSC)n1. The minimum Gasteiger partial charge on any atom is -0.354 e. The summed E-state index contributed by atoms with van der Waals surface area (Å²) in [6, 6.07) is 0.345. The molecule has 0 aliphatic carbocycles. The molecule has 0 aromatic carbocycles. The van der Waals surface area contributed by atoms with Crippen molar-refractivity contribution in [2.24, 2.45) is 0 Å². The average Bonchev–Trinajstić information content (AvgIpc) is 2.35. The normalized spacial score (nSPS) is 12.2. The Morgan fingerprint density at radius 1 is 1.22 bits per heavy atom. The second-order valence-electron chi connectivity index (χ2n) is 3.88. The highest BCUT2D eigenvalue weighted by molar-refractivity contribution is 7.98. The lowest BCUT2D eigenvalue weighted by Crippen LogP contribution is -2.23. The molecule has 1 rings (SSSR count). The van der Waals surface area contributed by atoms with Gasteiger partial charge in [0.2, 0.25) is 17.2 Å². The van der Waals surface area contributed by atoms with E-state index in [9.17, 15) is 0 Å². The van der Waals surface area contributed by atoms with E-state index in [-0.39, 0.29) is 5.28 Å². The zero-order valence-electron chi connectivity index (χ0n) is 11.0. The van der Waals surface area contributed by atoms with Crippen molar-refractivity contribution in [1.29, 1.82) is 0 Å². The summed E-state index contributed by atoms with van der Waals surface area (Å²) < 4.78 is 0. The second kappa shape index (κ2) is 8.37. The summed E-state index contributed by atoms with van der Waals surface area (Å²) in [7, 11) is 0. The van der Waals surface area contributed by atoms with Gasteiger partial charge in [-0.05, 0) is 30.7 Å². The zero-order chi connectivity index (χ0) is 13.4. The van der Waals surface area contributed by atoms with Crippen molar-refractivity contribution in [3.8, 4) is 0 Å². The fraction of sp³-hybridized carbons (Fsp3) is 0.727. The Morgan fingerprint density at radius 2 is 1.94 bits per heavy atom. The Bertz CT molecular complexity index is 363. The number of anilines is 2. The van der Waals surface area contributed by atoms with Crippen molar-refractivity contribution in [3.05, 3.63) is 5.28 Å². The quantitative estimate of drug-likeness (QED) is 0.767. The summed E-state index contributed by atoms with van der Waals surface area (Å²) in [4.78, 5) is 12.4. The van der Waals surface area contributed by atoms with Crippen LogP contribution in [-0.2, 0) is 0 Å². The van der Waals surface area contributed by atoms with Crippen LogP contribution in [0.2, 0.25) is 5.28 Å². The van der Waals surface area contributed by atoms with Gasteiger partial charge in [-0.3, -0.25) is 0 Å². The van der Waals surface area contributed by atoms with Gasteiger partial charge in [-0.15, -0.1) is 0 Å². The van der Waals surface area contributed by atoms with E-state index in [1.165, 1.54) is 0 Å². The number of hydrogen-bond donors (Lipinski definition) is 2. The van der Waals surface area contributed by atoms with Crippen LogP contribution in [0.25, 0.3) is 0 Å². The molecule has 2 N–H and O–H groups in total. The average molecular weight is 290 g/mol. The molecule has 1 aromatic rings. The van der Waals surface area contributed by atoms with Gasteiger partial charge >= 0.3 is 0 Å². The number of rotatable bonds is 8. The Balaban J connectivity index is 2.71. The number of nitrogens with zero attached hydrogens (tertiary/aromatic N) is 3. The van der Waals surface area contributed by atoms with Gasteiger partial charge < -0.3 is 10.6 Å². The molecule has 102 valence electrons. The molecule has 0 bridgehead atoms. The topological polar surface area (TPSA) is 62.7 Å². The van der Waals surface area contributed by atoms with Crippen molar-refractivity contribution in [1.82, 2.24) is 15.0 Å². The lowest BCUT2D eigenvalue weighted by molar-refractivity contribution is 0.760. The van der Waals surface area contributed by atoms with Crippen molar-refractivity contribution < 1.29 is 0 Å². The molecule has 18 heavy (non-hydrogen) atoms. The Labute approximate surface area is 118 Å². The van der Waals surface area contributed by atoms with Crippen LogP contribution in [-0.4, -0.2) is 39.5 Å². The summed E-state index contributed by atoms with van der Waals surface area (Å²) in [5.74, 6) is 2.07. The van der Waals surface area contributed by atoms with E-state index in [0.717, 1.165) is 25.1 Å². The van der Waals surface area contributed by atoms with Gasteiger partial charge in [-0.1, -0.05) is 13.8 Å². The molecule has 0 aliphatic heterocycles. The molecule has 0 radical (unpaired) electrons. The largest absolute Gasteiger partial charge is 0.354 e. The highest BCUT2D eigenvalue weighted by Crippen LogP contribution is 2.12. The maximum absolute atomic E-state index is 5.89. The molecule has 0 saturated heterocycles. The van der Waals surface area contributed by atoms with Crippen LogP contribution < -0.4 is 10.6 Å². The first kappa shape index (κ1) is 15.3. The lowest BCUT2D eigenvalue weighted by atomic mass is 10.3. The van der Waals surface area contributed by atoms with Crippen molar-refractivity contribution in [3.63, 3.8) is 0 Å². The highest BCUT2D eigenvalue weighted by Gasteiger charge is 2.09. The molecular weight excluding hydrogens is 270 g/mol. The summed E-state index contributed by atoms with van der Waals surface area (Å²) >= 11 is 7.68. The van der Waals surface area contributed by atoms with Crippen LogP contribution in [0.4, 0.5) is 11.9 Å². The zero-order valence-corrected chi connectivity index (χ0v) is 12.6. The van der Waals surface area contributed by atoms with Gasteiger partial charge in [0, 0.05) is 18.3 Å². The van der Waals surface area contributed by atoms with E-state index in [1.54, 1.807) is 11.8 Å². The van der Waals surface area contributed by atoms with Crippen molar-refractivity contribution >= 4 is 35.3 Å². The number of halogens is 1. The standard InChI is InChI=1S/C11H20ClN5S/c1-4-6-13-10-15-9(12)16-11(17-10)14-8(5-2)7-18-3/h8H,4-7H2,1-3H3,(H2,13,14,15,16,17). The van der Waals surface area contributed by atoms with E-state index in [4.69, 9.17) is 11.6 Å². The minimum absolute atomic E-state index is 0.213. The van der Waals surface area contributed by atoms with E-state index in [0.29, 0.717) is 17.9 Å². The van der Waals surface area contributed by atoms with E-state index in [1.807, 2.05) is 0 Å². The maximum Gasteiger partial charge on any atom is 0.229 e. The number of aromatic nitrogens is 3. The maximum atomic E-state index is 5.89. The predicted octanol–water partition coefficient (Wildman–Crippen LogP) is 2.90. The van der Waals surface area contributed by atoms with Crippen LogP contribution in [0.1, 0.15) is 26.7 Å². The van der Waals surface area contributed by atoms with E-state index >= 15 is 0 Å². The van der Waals surface area contributed by atoms with E-state index < -0.39 is 0 Å². The Morgan fingerprint density at radius 3 is 2.56 bits per heavy atom. The third-order valence-electron chi connectivity index (χ3n) is 2.34. The first-order valence-corrected chi connectivity index (χ1v) is 7.87. The first-order valence-electron chi connectivity index (χ1n) is 6.10. The molecule has 1 atom stereocenters. The Kier molecular flexibility index (Phi) is 7.12. The van der Waals surface area contributed by atoms with Crippen molar-refractivity contribution in [2.45, 2.75) is 32.7 Å². The van der Waals surface area contributed by atoms with Gasteiger partial charge in [0.05, 0.1) is 0 Å².